The summed E-state index contributed by atoms with van der Waals surface area (Å²) in [5.41, 5.74) is 0.934. The molecule has 0 bridgehead atoms. The first-order valence-corrected chi connectivity index (χ1v) is 9.60. The van der Waals surface area contributed by atoms with E-state index in [4.69, 9.17) is 9.47 Å². The van der Waals surface area contributed by atoms with Gasteiger partial charge in [0.1, 0.15) is 5.92 Å². The van der Waals surface area contributed by atoms with Crippen LogP contribution in [0.1, 0.15) is 45.1 Å². The van der Waals surface area contributed by atoms with Crippen molar-refractivity contribution in [1.82, 2.24) is 0 Å². The number of rotatable bonds is 9. The Morgan fingerprint density at radius 3 is 2.63 bits per heavy atom. The highest BCUT2D eigenvalue weighted by molar-refractivity contribution is 6.06. The highest BCUT2D eigenvalue weighted by Gasteiger charge is 2.42. The summed E-state index contributed by atoms with van der Waals surface area (Å²) in [6.07, 6.45) is 0.874. The molecule has 0 saturated carbocycles. The summed E-state index contributed by atoms with van der Waals surface area (Å²) in [6.45, 7) is 5.46. The summed E-state index contributed by atoms with van der Waals surface area (Å²) in [4.78, 5) is 40.0. The predicted octanol–water partition coefficient (Wildman–Crippen LogP) is 3.49. The molecule has 9 heteroatoms. The minimum absolute atomic E-state index is 0.104. The molecule has 0 saturated heterocycles. The Bertz CT molecular complexity index is 891. The van der Waals surface area contributed by atoms with E-state index < -0.39 is 34.8 Å². The second-order valence-corrected chi connectivity index (χ2v) is 7.25. The van der Waals surface area contributed by atoms with E-state index in [1.807, 2.05) is 0 Å². The van der Waals surface area contributed by atoms with E-state index in [-0.39, 0.29) is 11.3 Å². The maximum Gasteiger partial charge on any atom is 0.336 e. The van der Waals surface area contributed by atoms with Crippen LogP contribution < -0.4 is 0 Å². The number of non-ortho nitro benzene ring substituents is 1. The van der Waals surface area contributed by atoms with Gasteiger partial charge in [0.25, 0.3) is 5.69 Å². The molecule has 0 aromatic heterocycles. The number of nitro groups is 1. The highest BCUT2D eigenvalue weighted by atomic mass is 16.6. The zero-order valence-corrected chi connectivity index (χ0v) is 17.5. The van der Waals surface area contributed by atoms with Gasteiger partial charge in [-0.05, 0) is 39.2 Å². The van der Waals surface area contributed by atoms with Crippen molar-refractivity contribution in [1.29, 1.82) is 0 Å². The van der Waals surface area contributed by atoms with Crippen LogP contribution >= 0.6 is 0 Å². The molecule has 0 fully saturated rings. The van der Waals surface area contributed by atoms with Gasteiger partial charge in [0.05, 0.1) is 16.6 Å². The standard InChI is InChI=1S/C21H26N2O7/c1-12(7-6-10-29-4)30-21(26)18-14(3)22-13(2)17(20(24)25)19(18)15-8-5-9-16(11-15)23(27)28/h5,8-9,11-12,17,19H,6-7,10H2,1-4H3,(H,24,25). The molecule has 1 heterocycles. The van der Waals surface area contributed by atoms with Gasteiger partial charge >= 0.3 is 11.9 Å². The number of carbonyl (C=O) groups is 2. The Labute approximate surface area is 174 Å². The summed E-state index contributed by atoms with van der Waals surface area (Å²) in [6, 6.07) is 5.66. The smallest absolute Gasteiger partial charge is 0.336 e. The summed E-state index contributed by atoms with van der Waals surface area (Å²) in [7, 11) is 1.59. The average Bonchev–Trinajstić information content (AvgIpc) is 2.67. The molecule has 1 aliphatic rings. The Hall–Kier alpha value is -3.07. The van der Waals surface area contributed by atoms with Crippen molar-refractivity contribution in [3.05, 3.63) is 51.2 Å². The number of hydrogen-bond donors (Lipinski definition) is 1. The van der Waals surface area contributed by atoms with Crippen molar-refractivity contribution in [3.8, 4) is 0 Å². The van der Waals surface area contributed by atoms with Crippen molar-refractivity contribution in [2.24, 2.45) is 10.9 Å². The molecule has 3 unspecified atom stereocenters. The number of carboxylic acids is 1. The van der Waals surface area contributed by atoms with E-state index >= 15 is 0 Å². The molecular weight excluding hydrogens is 392 g/mol. The van der Waals surface area contributed by atoms with E-state index in [0.29, 0.717) is 36.4 Å². The van der Waals surface area contributed by atoms with Crippen LogP contribution in [-0.4, -0.2) is 47.5 Å². The number of allylic oxidation sites excluding steroid dienone is 1. The molecular formula is C21H26N2O7. The third-order valence-corrected chi connectivity index (χ3v) is 5.02. The highest BCUT2D eigenvalue weighted by Crippen LogP contribution is 2.40. The van der Waals surface area contributed by atoms with Crippen LogP contribution in [0.3, 0.4) is 0 Å². The number of benzene rings is 1. The minimum Gasteiger partial charge on any atom is -0.481 e. The van der Waals surface area contributed by atoms with Gasteiger partial charge < -0.3 is 14.6 Å². The first-order chi connectivity index (χ1) is 14.2. The van der Waals surface area contributed by atoms with Crippen LogP contribution in [-0.2, 0) is 19.1 Å². The SMILES string of the molecule is COCCCC(C)OC(=O)C1=C(C)N=C(C)C(C(=O)O)C1c1cccc([N+](=O)[O-])c1. The van der Waals surface area contributed by atoms with Crippen LogP contribution in [0.25, 0.3) is 0 Å². The number of esters is 1. The fourth-order valence-electron chi connectivity index (χ4n) is 3.63. The van der Waals surface area contributed by atoms with Crippen LogP contribution in [0.5, 0.6) is 0 Å². The summed E-state index contributed by atoms with van der Waals surface area (Å²) in [5, 5.41) is 21.0. The van der Waals surface area contributed by atoms with Gasteiger partial charge in [-0.3, -0.25) is 19.9 Å². The lowest BCUT2D eigenvalue weighted by molar-refractivity contribution is -0.384. The Kier molecular flexibility index (Phi) is 7.82. The number of carbonyl (C=O) groups excluding carboxylic acids is 1. The molecule has 1 N–H and O–H groups in total. The molecule has 1 aromatic rings. The molecule has 0 radical (unpaired) electrons. The van der Waals surface area contributed by atoms with Crippen molar-refractivity contribution >= 4 is 23.3 Å². The van der Waals surface area contributed by atoms with Gasteiger partial charge in [0.15, 0.2) is 0 Å². The van der Waals surface area contributed by atoms with E-state index in [2.05, 4.69) is 4.99 Å². The van der Waals surface area contributed by atoms with Crippen LogP contribution in [0.15, 0.2) is 40.5 Å². The van der Waals surface area contributed by atoms with E-state index in [1.54, 1.807) is 33.9 Å². The number of aliphatic carboxylic acids is 1. The van der Waals surface area contributed by atoms with Gasteiger partial charge in [-0.25, -0.2) is 4.79 Å². The monoisotopic (exact) mass is 418 g/mol. The third kappa shape index (κ3) is 5.29. The van der Waals surface area contributed by atoms with Gasteiger partial charge in [-0.2, -0.15) is 0 Å². The molecule has 9 nitrogen and oxygen atoms in total. The maximum absolute atomic E-state index is 13.0. The van der Waals surface area contributed by atoms with Crippen molar-refractivity contribution < 1.29 is 29.1 Å². The number of carboxylic acid groups (broad SMARTS) is 1. The van der Waals surface area contributed by atoms with Crippen LogP contribution in [0, 0.1) is 16.0 Å². The van der Waals surface area contributed by atoms with Gasteiger partial charge in [0.2, 0.25) is 0 Å². The topological polar surface area (TPSA) is 128 Å². The molecule has 0 spiro atoms. The lowest BCUT2D eigenvalue weighted by atomic mass is 9.75. The molecule has 1 aromatic carbocycles. The lowest BCUT2D eigenvalue weighted by Crippen LogP contribution is -2.36. The molecule has 162 valence electrons. The van der Waals surface area contributed by atoms with Crippen LogP contribution in [0.2, 0.25) is 0 Å². The number of nitro benzene ring substituents is 1. The fourth-order valence-corrected chi connectivity index (χ4v) is 3.63. The molecule has 30 heavy (non-hydrogen) atoms. The van der Waals surface area contributed by atoms with Gasteiger partial charge in [-0.15, -0.1) is 0 Å². The van der Waals surface area contributed by atoms with E-state index in [9.17, 15) is 24.8 Å². The van der Waals surface area contributed by atoms with Crippen molar-refractivity contribution in [2.75, 3.05) is 13.7 Å². The second kappa shape index (κ2) is 10.1. The van der Waals surface area contributed by atoms with E-state index in [1.165, 1.54) is 18.2 Å². The lowest BCUT2D eigenvalue weighted by Gasteiger charge is -2.31. The van der Waals surface area contributed by atoms with Crippen molar-refractivity contribution in [3.63, 3.8) is 0 Å². The first kappa shape index (κ1) is 23.2. The third-order valence-electron chi connectivity index (χ3n) is 5.02. The average molecular weight is 418 g/mol. The number of aliphatic imine (C=N–C) groups is 1. The molecule has 2 rings (SSSR count). The number of ether oxygens (including phenoxy) is 2. The zero-order valence-electron chi connectivity index (χ0n) is 17.5. The number of nitrogens with zero attached hydrogens (tertiary/aromatic N) is 2. The van der Waals surface area contributed by atoms with Gasteiger partial charge in [-0.1, -0.05) is 12.1 Å². The van der Waals surface area contributed by atoms with Crippen molar-refractivity contribution in [2.45, 2.75) is 45.6 Å². The van der Waals surface area contributed by atoms with E-state index in [0.717, 1.165) is 0 Å². The Morgan fingerprint density at radius 2 is 2.03 bits per heavy atom. The zero-order chi connectivity index (χ0) is 22.4. The molecule has 0 amide bonds. The maximum atomic E-state index is 13.0. The van der Waals surface area contributed by atoms with Gasteiger partial charge in [0, 0.05) is 43.2 Å². The Balaban J connectivity index is 2.46. The molecule has 1 aliphatic heterocycles. The predicted molar refractivity (Wildman–Crippen MR) is 109 cm³/mol. The summed E-state index contributed by atoms with van der Waals surface area (Å²) >= 11 is 0. The van der Waals surface area contributed by atoms with Crippen LogP contribution in [0.4, 0.5) is 5.69 Å². The fraction of sp³-hybridized carbons (Fsp3) is 0.476. The normalized spacial score (nSPS) is 19.8. The molecule has 0 aliphatic carbocycles. The minimum atomic E-state index is -1.17. The number of methoxy groups -OCH3 is 1. The summed E-state index contributed by atoms with van der Waals surface area (Å²) in [5.74, 6) is -3.92. The Morgan fingerprint density at radius 1 is 1.33 bits per heavy atom. The molecule has 3 atom stereocenters. The first-order valence-electron chi connectivity index (χ1n) is 9.60. The number of hydrogen-bond acceptors (Lipinski definition) is 7. The summed E-state index contributed by atoms with van der Waals surface area (Å²) < 4.78 is 10.6. The largest absolute Gasteiger partial charge is 0.481 e. The second-order valence-electron chi connectivity index (χ2n) is 7.25. The quantitative estimate of drug-likeness (QED) is 0.281.